The summed E-state index contributed by atoms with van der Waals surface area (Å²) in [7, 11) is 0. The molecule has 5 heteroatoms. The maximum atomic E-state index is 12.3. The zero-order valence-electron chi connectivity index (χ0n) is 12.0. The molecule has 0 radical (unpaired) electrons. The first-order valence-corrected chi connectivity index (χ1v) is 6.82. The number of rotatable bonds is 3. The summed E-state index contributed by atoms with van der Waals surface area (Å²) < 4.78 is 7.22. The molecule has 0 unspecified atom stereocenters. The Labute approximate surface area is 113 Å². The molecule has 0 saturated heterocycles. The molecule has 19 heavy (non-hydrogen) atoms. The zero-order valence-corrected chi connectivity index (χ0v) is 12.0. The van der Waals surface area contributed by atoms with Crippen molar-refractivity contribution in [1.82, 2.24) is 9.55 Å². The second-order valence-electron chi connectivity index (χ2n) is 6.44. The monoisotopic (exact) mass is 265 g/mol. The second-order valence-corrected chi connectivity index (χ2v) is 6.44. The molecule has 2 rings (SSSR count). The van der Waals surface area contributed by atoms with Crippen molar-refractivity contribution < 1.29 is 4.74 Å². The minimum Gasteiger partial charge on any atom is -0.472 e. The van der Waals surface area contributed by atoms with E-state index >= 15 is 0 Å². The molecule has 2 N–H and O–H groups in total. The van der Waals surface area contributed by atoms with Gasteiger partial charge in [-0.05, 0) is 33.6 Å². The second kappa shape index (κ2) is 4.96. The van der Waals surface area contributed by atoms with Crippen molar-refractivity contribution in [2.75, 3.05) is 6.61 Å². The topological polar surface area (TPSA) is 70.1 Å². The lowest BCUT2D eigenvalue weighted by Gasteiger charge is -2.25. The maximum Gasteiger partial charge on any atom is 0.313 e. The van der Waals surface area contributed by atoms with E-state index in [4.69, 9.17) is 10.5 Å². The Kier molecular flexibility index (Phi) is 3.67. The number of nitrogens with zero attached hydrogens (tertiary/aromatic N) is 2. The fourth-order valence-corrected chi connectivity index (χ4v) is 2.46. The highest BCUT2D eigenvalue weighted by molar-refractivity contribution is 5.07. The minimum atomic E-state index is -0.295. The van der Waals surface area contributed by atoms with Gasteiger partial charge in [-0.25, -0.2) is 4.98 Å². The molecule has 0 amide bonds. The number of ether oxygens (including phenoxy) is 1. The van der Waals surface area contributed by atoms with Crippen LogP contribution >= 0.6 is 0 Å². The Hall–Kier alpha value is -1.36. The SMILES string of the molecule is CC(C)(C)n1ccnc(OCC2(N)CCCC2)c1=O. The largest absolute Gasteiger partial charge is 0.472 e. The molecule has 1 aromatic heterocycles. The van der Waals surface area contributed by atoms with Gasteiger partial charge in [0.1, 0.15) is 6.61 Å². The molecular weight excluding hydrogens is 242 g/mol. The van der Waals surface area contributed by atoms with Crippen LogP contribution in [0.5, 0.6) is 5.88 Å². The fraction of sp³-hybridized carbons (Fsp3) is 0.714. The van der Waals surface area contributed by atoms with Gasteiger partial charge in [0.25, 0.3) is 5.88 Å². The van der Waals surface area contributed by atoms with Crippen molar-refractivity contribution in [3.63, 3.8) is 0 Å². The molecule has 1 aliphatic carbocycles. The van der Waals surface area contributed by atoms with Gasteiger partial charge < -0.3 is 15.0 Å². The van der Waals surface area contributed by atoms with Crippen LogP contribution in [0.15, 0.2) is 17.2 Å². The molecule has 0 bridgehead atoms. The zero-order chi connectivity index (χ0) is 14.1. The summed E-state index contributed by atoms with van der Waals surface area (Å²) in [5.41, 5.74) is 5.44. The van der Waals surface area contributed by atoms with Crippen molar-refractivity contribution in [2.24, 2.45) is 5.73 Å². The first-order chi connectivity index (χ1) is 8.82. The predicted molar refractivity (Wildman–Crippen MR) is 74.4 cm³/mol. The average molecular weight is 265 g/mol. The van der Waals surface area contributed by atoms with Gasteiger partial charge in [0.2, 0.25) is 0 Å². The molecule has 0 spiro atoms. The van der Waals surface area contributed by atoms with E-state index in [0.717, 1.165) is 25.7 Å². The van der Waals surface area contributed by atoms with Gasteiger partial charge in [-0.1, -0.05) is 12.8 Å². The lowest BCUT2D eigenvalue weighted by Crippen LogP contribution is -2.44. The van der Waals surface area contributed by atoms with E-state index in [-0.39, 0.29) is 22.5 Å². The van der Waals surface area contributed by atoms with E-state index < -0.39 is 0 Å². The molecule has 0 aromatic carbocycles. The van der Waals surface area contributed by atoms with Crippen LogP contribution in [0.25, 0.3) is 0 Å². The number of hydrogen-bond acceptors (Lipinski definition) is 4. The Morgan fingerprint density at radius 2 is 2.05 bits per heavy atom. The van der Waals surface area contributed by atoms with Crippen LogP contribution in [-0.4, -0.2) is 21.7 Å². The predicted octanol–water partition coefficient (Wildman–Crippen LogP) is 1.65. The number of aromatic nitrogens is 2. The van der Waals surface area contributed by atoms with Crippen molar-refractivity contribution in [1.29, 1.82) is 0 Å². The summed E-state index contributed by atoms with van der Waals surface area (Å²) in [4.78, 5) is 16.3. The molecule has 1 fully saturated rings. The van der Waals surface area contributed by atoms with Gasteiger partial charge in [-0.2, -0.15) is 0 Å². The van der Waals surface area contributed by atoms with E-state index in [9.17, 15) is 4.79 Å². The third-order valence-corrected chi connectivity index (χ3v) is 3.63. The van der Waals surface area contributed by atoms with E-state index in [0.29, 0.717) is 6.61 Å². The van der Waals surface area contributed by atoms with Gasteiger partial charge in [-0.3, -0.25) is 4.79 Å². The molecule has 1 aromatic rings. The lowest BCUT2D eigenvalue weighted by atomic mass is 10.0. The number of nitrogens with two attached hydrogens (primary N) is 1. The Morgan fingerprint density at radius 3 is 2.63 bits per heavy atom. The van der Waals surface area contributed by atoms with Crippen molar-refractivity contribution in [2.45, 2.75) is 57.5 Å². The van der Waals surface area contributed by atoms with E-state index in [1.54, 1.807) is 17.0 Å². The molecular formula is C14H23N3O2. The Balaban J connectivity index is 2.15. The lowest BCUT2D eigenvalue weighted by molar-refractivity contribution is 0.207. The molecule has 1 saturated carbocycles. The summed E-state index contributed by atoms with van der Waals surface area (Å²) in [6, 6.07) is 0. The van der Waals surface area contributed by atoms with Gasteiger partial charge in [0.15, 0.2) is 0 Å². The Bertz CT molecular complexity index is 496. The van der Waals surface area contributed by atoms with Crippen molar-refractivity contribution >= 4 is 0 Å². The highest BCUT2D eigenvalue weighted by Gasteiger charge is 2.30. The van der Waals surface area contributed by atoms with Gasteiger partial charge in [-0.15, -0.1) is 0 Å². The highest BCUT2D eigenvalue weighted by atomic mass is 16.5. The maximum absolute atomic E-state index is 12.3. The quantitative estimate of drug-likeness (QED) is 0.902. The van der Waals surface area contributed by atoms with E-state index in [1.807, 2.05) is 20.8 Å². The molecule has 1 heterocycles. The molecule has 0 atom stereocenters. The molecule has 5 nitrogen and oxygen atoms in total. The van der Waals surface area contributed by atoms with E-state index in [1.165, 1.54) is 0 Å². The first-order valence-electron chi connectivity index (χ1n) is 6.82. The van der Waals surface area contributed by atoms with Crippen LogP contribution in [0.3, 0.4) is 0 Å². The number of hydrogen-bond donors (Lipinski definition) is 1. The van der Waals surface area contributed by atoms with Gasteiger partial charge in [0, 0.05) is 17.9 Å². The highest BCUT2D eigenvalue weighted by Crippen LogP contribution is 2.27. The van der Waals surface area contributed by atoms with Crippen LogP contribution < -0.4 is 16.0 Å². The summed E-state index contributed by atoms with van der Waals surface area (Å²) in [6.45, 7) is 6.28. The standard InChI is InChI=1S/C14H23N3O2/c1-13(2,3)17-9-8-16-11(12(17)18)19-10-14(15)6-4-5-7-14/h8-9H,4-7,10,15H2,1-3H3. The smallest absolute Gasteiger partial charge is 0.313 e. The summed E-state index contributed by atoms with van der Waals surface area (Å²) >= 11 is 0. The van der Waals surface area contributed by atoms with Gasteiger partial charge >= 0.3 is 5.56 Å². The first kappa shape index (κ1) is 14.1. The molecule has 1 aliphatic rings. The van der Waals surface area contributed by atoms with Crippen molar-refractivity contribution in [3.05, 3.63) is 22.7 Å². The van der Waals surface area contributed by atoms with Crippen LogP contribution in [0.1, 0.15) is 46.5 Å². The average Bonchev–Trinajstić information content (AvgIpc) is 2.74. The minimum absolute atomic E-state index is 0.147. The molecule has 0 aliphatic heterocycles. The van der Waals surface area contributed by atoms with Crippen LogP contribution in [0.4, 0.5) is 0 Å². The van der Waals surface area contributed by atoms with Crippen LogP contribution in [-0.2, 0) is 5.54 Å². The third-order valence-electron chi connectivity index (χ3n) is 3.63. The third kappa shape index (κ3) is 3.15. The van der Waals surface area contributed by atoms with Crippen LogP contribution in [0.2, 0.25) is 0 Å². The van der Waals surface area contributed by atoms with Crippen molar-refractivity contribution in [3.8, 4) is 5.88 Å². The van der Waals surface area contributed by atoms with Gasteiger partial charge in [0.05, 0.1) is 5.54 Å². The van der Waals surface area contributed by atoms with Crippen LogP contribution in [0, 0.1) is 0 Å². The summed E-state index contributed by atoms with van der Waals surface area (Å²) in [6.07, 6.45) is 7.45. The normalized spacial score (nSPS) is 18.5. The van der Waals surface area contributed by atoms with E-state index in [2.05, 4.69) is 4.98 Å². The summed E-state index contributed by atoms with van der Waals surface area (Å²) in [5, 5.41) is 0. The summed E-state index contributed by atoms with van der Waals surface area (Å²) in [5.74, 6) is 0.147. The molecule has 106 valence electrons. The Morgan fingerprint density at radius 1 is 1.42 bits per heavy atom. The fourth-order valence-electron chi connectivity index (χ4n) is 2.46.